The summed E-state index contributed by atoms with van der Waals surface area (Å²) in [6.45, 7) is 0. The molecule has 2 rings (SSSR count). The summed E-state index contributed by atoms with van der Waals surface area (Å²) >= 11 is 0. The molecule has 10 heteroatoms. The predicted molar refractivity (Wildman–Crippen MR) is 61.7 cm³/mol. The second-order valence-corrected chi connectivity index (χ2v) is 4.09. The molecule has 118 valence electrons. The third kappa shape index (κ3) is 3.83. The minimum Gasteiger partial charge on any atom is -0.324 e. The van der Waals surface area contributed by atoms with Gasteiger partial charge in [0, 0.05) is 5.69 Å². The van der Waals surface area contributed by atoms with Crippen molar-refractivity contribution in [2.24, 2.45) is 0 Å². The molecule has 1 heterocycles. The quantitative estimate of drug-likeness (QED) is 0.832. The fourth-order valence-electron chi connectivity index (χ4n) is 1.46. The normalized spacial score (nSPS) is 12.3. The average Bonchev–Trinajstić information content (AvgIpc) is 2.39. The van der Waals surface area contributed by atoms with Crippen LogP contribution >= 0.6 is 0 Å². The second kappa shape index (κ2) is 5.43. The fraction of sp³-hybridized carbons (Fsp3) is 0.167. The molecule has 0 aliphatic carbocycles. The predicted octanol–water partition coefficient (Wildman–Crippen LogP) is 4.40. The maximum absolute atomic E-state index is 12.7. The summed E-state index contributed by atoms with van der Waals surface area (Å²) in [5.74, 6) is -1.51. The summed E-state index contributed by atoms with van der Waals surface area (Å²) in [5, 5.41) is 2.17. The van der Waals surface area contributed by atoms with Gasteiger partial charge in [-0.1, -0.05) is 0 Å². The van der Waals surface area contributed by atoms with Crippen molar-refractivity contribution in [1.82, 2.24) is 9.97 Å². The Morgan fingerprint density at radius 3 is 1.64 bits per heavy atom. The van der Waals surface area contributed by atoms with Gasteiger partial charge in [0.25, 0.3) is 0 Å². The number of hydrogen-bond acceptors (Lipinski definition) is 3. The molecule has 0 spiro atoms. The molecule has 0 radical (unpaired) electrons. The molecule has 1 N–H and O–H groups in total. The lowest BCUT2D eigenvalue weighted by Gasteiger charge is -2.13. The number of nitrogens with one attached hydrogen (secondary N) is 1. The number of aromatic nitrogens is 2. The van der Waals surface area contributed by atoms with E-state index in [1.165, 1.54) is 0 Å². The van der Waals surface area contributed by atoms with Gasteiger partial charge >= 0.3 is 12.4 Å². The average molecular weight is 325 g/mol. The Morgan fingerprint density at radius 2 is 1.23 bits per heavy atom. The van der Waals surface area contributed by atoms with E-state index in [1.807, 2.05) is 0 Å². The molecule has 0 unspecified atom stereocenters. The van der Waals surface area contributed by atoms with Crippen LogP contribution in [0.2, 0.25) is 0 Å². The molecule has 0 bridgehead atoms. The summed E-state index contributed by atoms with van der Waals surface area (Å²) in [6, 6.07) is 4.00. The van der Waals surface area contributed by atoms with E-state index in [0.717, 1.165) is 24.3 Å². The highest BCUT2D eigenvalue weighted by molar-refractivity contribution is 5.53. The molecular weight excluding hydrogens is 319 g/mol. The van der Waals surface area contributed by atoms with Crippen molar-refractivity contribution in [3.63, 3.8) is 0 Å². The highest BCUT2D eigenvalue weighted by Gasteiger charge is 2.39. The van der Waals surface area contributed by atoms with Gasteiger partial charge in [-0.05, 0) is 30.3 Å². The van der Waals surface area contributed by atoms with Gasteiger partial charge in [0.1, 0.15) is 5.82 Å². The Hall–Kier alpha value is -2.39. The minimum atomic E-state index is -5.07. The first-order valence-electron chi connectivity index (χ1n) is 5.62. The molecule has 22 heavy (non-hydrogen) atoms. The van der Waals surface area contributed by atoms with Crippen molar-refractivity contribution in [1.29, 1.82) is 0 Å². The molecule has 2 aromatic rings. The van der Waals surface area contributed by atoms with E-state index in [1.54, 1.807) is 0 Å². The smallest absolute Gasteiger partial charge is 0.324 e. The summed E-state index contributed by atoms with van der Waals surface area (Å²) in [7, 11) is 0. The molecule has 1 aromatic heterocycles. The van der Waals surface area contributed by atoms with Crippen molar-refractivity contribution < 1.29 is 30.7 Å². The molecule has 0 fully saturated rings. The number of rotatable bonds is 2. The van der Waals surface area contributed by atoms with Gasteiger partial charge in [-0.3, -0.25) is 0 Å². The first kappa shape index (κ1) is 16.0. The van der Waals surface area contributed by atoms with Gasteiger partial charge in [0.2, 0.25) is 5.95 Å². The Labute approximate surface area is 118 Å². The minimum absolute atomic E-state index is 0.0360. The Morgan fingerprint density at radius 1 is 0.773 bits per heavy atom. The largest absolute Gasteiger partial charge is 0.433 e. The Bertz CT molecular complexity index is 630. The molecule has 0 saturated heterocycles. The van der Waals surface area contributed by atoms with E-state index in [9.17, 15) is 30.7 Å². The number of halogens is 7. The van der Waals surface area contributed by atoms with Crippen LogP contribution in [0.25, 0.3) is 0 Å². The molecule has 0 saturated carbocycles. The highest BCUT2D eigenvalue weighted by Crippen LogP contribution is 2.34. The highest BCUT2D eigenvalue weighted by atomic mass is 19.4. The van der Waals surface area contributed by atoms with Crippen LogP contribution in [0, 0.1) is 5.82 Å². The molecule has 1 aromatic carbocycles. The summed E-state index contributed by atoms with van der Waals surface area (Å²) in [6.07, 6.45) is -10.1. The topological polar surface area (TPSA) is 37.8 Å². The summed E-state index contributed by atoms with van der Waals surface area (Å²) < 4.78 is 88.3. The van der Waals surface area contributed by atoms with Gasteiger partial charge in [-0.15, -0.1) is 0 Å². The van der Waals surface area contributed by atoms with E-state index in [-0.39, 0.29) is 11.8 Å². The summed E-state index contributed by atoms with van der Waals surface area (Å²) in [5.41, 5.74) is -3.44. The van der Waals surface area contributed by atoms with Crippen LogP contribution in [0.1, 0.15) is 11.4 Å². The number of alkyl halides is 6. The van der Waals surface area contributed by atoms with E-state index in [0.29, 0.717) is 0 Å². The van der Waals surface area contributed by atoms with Crippen molar-refractivity contribution in [2.45, 2.75) is 12.4 Å². The van der Waals surface area contributed by atoms with Crippen molar-refractivity contribution in [3.8, 4) is 0 Å². The maximum Gasteiger partial charge on any atom is 0.433 e. The first-order chi connectivity index (χ1) is 10.1. The van der Waals surface area contributed by atoms with Crippen LogP contribution in [0.15, 0.2) is 30.3 Å². The number of nitrogens with zero attached hydrogens (tertiary/aromatic N) is 2. The van der Waals surface area contributed by atoms with Crippen molar-refractivity contribution >= 4 is 11.6 Å². The lowest BCUT2D eigenvalue weighted by molar-refractivity contribution is -0.147. The third-order valence-electron chi connectivity index (χ3n) is 2.41. The zero-order valence-electron chi connectivity index (χ0n) is 10.4. The molecule has 0 aliphatic heterocycles. The van der Waals surface area contributed by atoms with Gasteiger partial charge in [0.05, 0.1) is 0 Å². The van der Waals surface area contributed by atoms with Crippen LogP contribution < -0.4 is 5.32 Å². The lowest BCUT2D eigenvalue weighted by atomic mass is 10.3. The molecule has 0 atom stereocenters. The van der Waals surface area contributed by atoms with E-state index in [4.69, 9.17) is 0 Å². The fourth-order valence-corrected chi connectivity index (χ4v) is 1.46. The molecule has 0 amide bonds. The second-order valence-electron chi connectivity index (χ2n) is 4.09. The number of anilines is 2. The van der Waals surface area contributed by atoms with Crippen LogP contribution in [-0.2, 0) is 12.4 Å². The van der Waals surface area contributed by atoms with E-state index >= 15 is 0 Å². The zero-order chi connectivity index (χ0) is 16.5. The molecule has 3 nitrogen and oxygen atoms in total. The van der Waals surface area contributed by atoms with Crippen LogP contribution in [0.4, 0.5) is 42.4 Å². The van der Waals surface area contributed by atoms with Crippen LogP contribution in [0.3, 0.4) is 0 Å². The lowest BCUT2D eigenvalue weighted by Crippen LogP contribution is -2.16. The monoisotopic (exact) mass is 325 g/mol. The van der Waals surface area contributed by atoms with E-state index < -0.39 is 35.5 Å². The maximum atomic E-state index is 12.7. The standard InChI is InChI=1S/C12H6F7N3/c13-6-1-3-7(4-2-6)20-10-21-8(11(14,15)16)5-9(22-10)12(17,18)19/h1-5H,(H,20,21,22). The molecule has 0 aliphatic rings. The summed E-state index contributed by atoms with van der Waals surface area (Å²) in [4.78, 5) is 5.99. The Kier molecular flexibility index (Phi) is 3.94. The van der Waals surface area contributed by atoms with Gasteiger partial charge in [0.15, 0.2) is 11.4 Å². The van der Waals surface area contributed by atoms with Crippen LogP contribution in [-0.4, -0.2) is 9.97 Å². The van der Waals surface area contributed by atoms with Gasteiger partial charge in [-0.25, -0.2) is 14.4 Å². The van der Waals surface area contributed by atoms with Gasteiger partial charge < -0.3 is 5.32 Å². The number of benzene rings is 1. The number of hydrogen-bond donors (Lipinski definition) is 1. The van der Waals surface area contributed by atoms with Crippen LogP contribution in [0.5, 0.6) is 0 Å². The third-order valence-corrected chi connectivity index (χ3v) is 2.41. The van der Waals surface area contributed by atoms with Crippen molar-refractivity contribution in [2.75, 3.05) is 5.32 Å². The Balaban J connectivity index is 2.44. The van der Waals surface area contributed by atoms with E-state index in [2.05, 4.69) is 15.3 Å². The molecular formula is C12H6F7N3. The SMILES string of the molecule is Fc1ccc(Nc2nc(C(F)(F)F)cc(C(F)(F)F)n2)cc1. The first-order valence-corrected chi connectivity index (χ1v) is 5.62. The zero-order valence-corrected chi connectivity index (χ0v) is 10.4. The van der Waals surface area contributed by atoms with Crippen molar-refractivity contribution in [3.05, 3.63) is 47.5 Å². The van der Waals surface area contributed by atoms with Gasteiger partial charge in [-0.2, -0.15) is 26.3 Å².